The smallest absolute Gasteiger partial charge is 0.247 e. The second-order valence-corrected chi connectivity index (χ2v) is 4.42. The first kappa shape index (κ1) is 13.2. The molecule has 0 aliphatic rings. The summed E-state index contributed by atoms with van der Waals surface area (Å²) >= 11 is 0. The fraction of sp³-hybridized carbons (Fsp3) is 0.0667. The second-order valence-electron chi connectivity index (χ2n) is 4.42. The van der Waals surface area contributed by atoms with Gasteiger partial charge in [0, 0.05) is 17.8 Å². The average molecular weight is 287 g/mol. The van der Waals surface area contributed by atoms with Gasteiger partial charge in [-0.2, -0.15) is 0 Å². The first-order chi connectivity index (χ1) is 10.2. The van der Waals surface area contributed by atoms with E-state index in [4.69, 9.17) is 4.42 Å². The van der Waals surface area contributed by atoms with Crippen molar-refractivity contribution in [3.8, 4) is 11.5 Å². The molecule has 0 bridgehead atoms. The maximum absolute atomic E-state index is 13.1. The molecule has 0 spiro atoms. The molecule has 0 fully saturated rings. The van der Waals surface area contributed by atoms with E-state index in [1.54, 1.807) is 0 Å². The molecule has 3 rings (SSSR count). The van der Waals surface area contributed by atoms with Crippen LogP contribution in [0.5, 0.6) is 0 Å². The minimum atomic E-state index is -0.846. The van der Waals surface area contributed by atoms with Crippen LogP contribution in [-0.2, 0) is 6.54 Å². The highest BCUT2D eigenvalue weighted by atomic mass is 19.2. The van der Waals surface area contributed by atoms with Gasteiger partial charge >= 0.3 is 0 Å². The topological polar surface area (TPSA) is 51.0 Å². The van der Waals surface area contributed by atoms with E-state index in [9.17, 15) is 8.78 Å². The predicted molar refractivity (Wildman–Crippen MR) is 73.4 cm³/mol. The van der Waals surface area contributed by atoms with Gasteiger partial charge in [0.25, 0.3) is 0 Å². The predicted octanol–water partition coefficient (Wildman–Crippen LogP) is 3.63. The lowest BCUT2D eigenvalue weighted by Gasteiger charge is -2.07. The third-order valence-electron chi connectivity index (χ3n) is 2.97. The van der Waals surface area contributed by atoms with Crippen LogP contribution in [0.25, 0.3) is 11.5 Å². The van der Waals surface area contributed by atoms with Crippen LogP contribution in [0.3, 0.4) is 0 Å². The van der Waals surface area contributed by atoms with Gasteiger partial charge < -0.3 is 9.73 Å². The number of nitrogens with one attached hydrogen (secondary N) is 1. The van der Waals surface area contributed by atoms with E-state index in [-0.39, 0.29) is 0 Å². The van der Waals surface area contributed by atoms with Crippen molar-refractivity contribution in [3.05, 3.63) is 66.1 Å². The highest BCUT2D eigenvalue weighted by molar-refractivity contribution is 5.58. The van der Waals surface area contributed by atoms with Crippen molar-refractivity contribution in [2.75, 3.05) is 5.32 Å². The largest absolute Gasteiger partial charge is 0.423 e. The van der Waals surface area contributed by atoms with Crippen molar-refractivity contribution in [3.63, 3.8) is 0 Å². The molecule has 2 aromatic carbocycles. The van der Waals surface area contributed by atoms with Gasteiger partial charge in [-0.1, -0.05) is 6.07 Å². The van der Waals surface area contributed by atoms with Crippen molar-refractivity contribution in [2.24, 2.45) is 0 Å². The number of hydrogen-bond donors (Lipinski definition) is 1. The number of halogens is 2. The van der Waals surface area contributed by atoms with E-state index in [1.807, 2.05) is 24.3 Å². The quantitative estimate of drug-likeness (QED) is 0.796. The summed E-state index contributed by atoms with van der Waals surface area (Å²) in [5.41, 5.74) is 2.32. The summed E-state index contributed by atoms with van der Waals surface area (Å²) in [4.78, 5) is 0. The molecule has 0 atom stereocenters. The van der Waals surface area contributed by atoms with Crippen LogP contribution in [-0.4, -0.2) is 10.2 Å². The highest BCUT2D eigenvalue weighted by Gasteiger charge is 2.04. The summed E-state index contributed by atoms with van der Waals surface area (Å²) in [6.45, 7) is 0.400. The van der Waals surface area contributed by atoms with E-state index in [0.717, 1.165) is 17.3 Å². The third kappa shape index (κ3) is 3.05. The third-order valence-corrected chi connectivity index (χ3v) is 2.97. The van der Waals surface area contributed by atoms with E-state index < -0.39 is 11.6 Å². The molecular formula is C15H11F2N3O. The number of hydrogen-bond acceptors (Lipinski definition) is 4. The van der Waals surface area contributed by atoms with E-state index in [0.29, 0.717) is 18.0 Å². The number of rotatable bonds is 4. The van der Waals surface area contributed by atoms with Gasteiger partial charge in [-0.3, -0.25) is 0 Å². The Morgan fingerprint density at radius 3 is 2.48 bits per heavy atom. The molecule has 0 saturated carbocycles. The van der Waals surface area contributed by atoms with Crippen molar-refractivity contribution in [1.29, 1.82) is 0 Å². The minimum Gasteiger partial charge on any atom is -0.423 e. The number of nitrogens with zero attached hydrogens (tertiary/aromatic N) is 2. The molecule has 0 saturated heterocycles. The molecule has 4 nitrogen and oxygen atoms in total. The van der Waals surface area contributed by atoms with Gasteiger partial charge in [0.2, 0.25) is 12.3 Å². The molecule has 3 aromatic rings. The van der Waals surface area contributed by atoms with E-state index >= 15 is 0 Å². The number of benzene rings is 2. The van der Waals surface area contributed by atoms with Crippen LogP contribution in [0.15, 0.2) is 53.3 Å². The van der Waals surface area contributed by atoms with Crippen molar-refractivity contribution in [1.82, 2.24) is 10.2 Å². The van der Waals surface area contributed by atoms with Gasteiger partial charge in [-0.15, -0.1) is 10.2 Å². The second kappa shape index (κ2) is 5.70. The summed E-state index contributed by atoms with van der Waals surface area (Å²) in [7, 11) is 0. The fourth-order valence-corrected chi connectivity index (χ4v) is 1.88. The first-order valence-corrected chi connectivity index (χ1v) is 6.27. The monoisotopic (exact) mass is 287 g/mol. The molecule has 1 heterocycles. The van der Waals surface area contributed by atoms with E-state index in [1.165, 1.54) is 18.5 Å². The van der Waals surface area contributed by atoms with E-state index in [2.05, 4.69) is 15.5 Å². The van der Waals surface area contributed by atoms with Crippen molar-refractivity contribution >= 4 is 5.69 Å². The summed E-state index contributed by atoms with van der Waals surface area (Å²) in [5, 5.41) is 10.6. The SMILES string of the molecule is Fc1ccc(CNc2ccc(-c3nnco3)cc2)cc1F. The van der Waals surface area contributed by atoms with Crippen LogP contribution < -0.4 is 5.32 Å². The lowest BCUT2D eigenvalue weighted by molar-refractivity contribution is 0.507. The van der Waals surface area contributed by atoms with Gasteiger partial charge in [-0.05, 0) is 42.0 Å². The van der Waals surface area contributed by atoms with Crippen LogP contribution in [0.2, 0.25) is 0 Å². The fourth-order valence-electron chi connectivity index (χ4n) is 1.88. The van der Waals surface area contributed by atoms with Crippen molar-refractivity contribution in [2.45, 2.75) is 6.54 Å². The molecule has 0 unspecified atom stereocenters. The minimum absolute atomic E-state index is 0.400. The Labute approximate surface area is 119 Å². The molecule has 0 aliphatic heterocycles. The van der Waals surface area contributed by atoms with Gasteiger partial charge in [0.15, 0.2) is 11.6 Å². The first-order valence-electron chi connectivity index (χ1n) is 6.27. The van der Waals surface area contributed by atoms with Crippen LogP contribution in [0.1, 0.15) is 5.56 Å². The van der Waals surface area contributed by atoms with Crippen LogP contribution in [0, 0.1) is 11.6 Å². The van der Waals surface area contributed by atoms with Gasteiger partial charge in [-0.25, -0.2) is 8.78 Å². The molecule has 0 amide bonds. The Hall–Kier alpha value is -2.76. The summed E-state index contributed by atoms with van der Waals surface area (Å²) in [5.74, 6) is -1.24. The molecule has 106 valence electrons. The zero-order valence-electron chi connectivity index (χ0n) is 10.9. The number of aromatic nitrogens is 2. The molecule has 0 radical (unpaired) electrons. The summed E-state index contributed by atoms with van der Waals surface area (Å²) < 4.78 is 31.0. The Balaban J connectivity index is 1.66. The molecular weight excluding hydrogens is 276 g/mol. The molecule has 1 N–H and O–H groups in total. The molecule has 1 aromatic heterocycles. The number of anilines is 1. The van der Waals surface area contributed by atoms with Gasteiger partial charge in [0.05, 0.1) is 0 Å². The highest BCUT2D eigenvalue weighted by Crippen LogP contribution is 2.19. The Kier molecular flexibility index (Phi) is 3.59. The normalized spacial score (nSPS) is 10.6. The maximum atomic E-state index is 13.1. The average Bonchev–Trinajstić information content (AvgIpc) is 3.03. The summed E-state index contributed by atoms with van der Waals surface area (Å²) in [6.07, 6.45) is 1.27. The van der Waals surface area contributed by atoms with Gasteiger partial charge in [0.1, 0.15) is 0 Å². The zero-order valence-corrected chi connectivity index (χ0v) is 10.9. The molecule has 0 aliphatic carbocycles. The Morgan fingerprint density at radius 1 is 1.00 bits per heavy atom. The Bertz CT molecular complexity index is 727. The van der Waals surface area contributed by atoms with Crippen LogP contribution in [0.4, 0.5) is 14.5 Å². The Morgan fingerprint density at radius 2 is 1.81 bits per heavy atom. The lowest BCUT2D eigenvalue weighted by atomic mass is 10.2. The van der Waals surface area contributed by atoms with Crippen molar-refractivity contribution < 1.29 is 13.2 Å². The summed E-state index contributed by atoms with van der Waals surface area (Å²) in [6, 6.07) is 11.2. The molecule has 6 heteroatoms. The zero-order chi connectivity index (χ0) is 14.7. The maximum Gasteiger partial charge on any atom is 0.247 e. The molecule has 21 heavy (non-hydrogen) atoms. The lowest BCUT2D eigenvalue weighted by Crippen LogP contribution is -2.00. The standard InChI is InChI=1S/C15H11F2N3O/c16-13-6-1-10(7-14(13)17)8-18-12-4-2-11(3-5-12)15-20-19-9-21-15/h1-7,9,18H,8H2. The van der Waals surface area contributed by atoms with Crippen LogP contribution >= 0.6 is 0 Å².